The summed E-state index contributed by atoms with van der Waals surface area (Å²) in [7, 11) is 2.07. The molecule has 2 atom stereocenters. The number of nitro groups is 1. The highest BCUT2D eigenvalue weighted by molar-refractivity contribution is 5.94. The van der Waals surface area contributed by atoms with Crippen LogP contribution >= 0.6 is 0 Å². The number of carbonyl (C=O) groups excluding carboxylic acids is 2. The van der Waals surface area contributed by atoms with Crippen LogP contribution in [0, 0.1) is 16.0 Å². The van der Waals surface area contributed by atoms with Crippen molar-refractivity contribution in [2.75, 3.05) is 30.8 Å². The first-order valence-electron chi connectivity index (χ1n) is 11.7. The molecule has 2 heterocycles. The second kappa shape index (κ2) is 10.6. The third kappa shape index (κ3) is 6.01. The lowest BCUT2D eigenvalue weighted by atomic mass is 10.0. The number of nitrogens with two attached hydrogens (primary N) is 1. The van der Waals surface area contributed by atoms with Crippen LogP contribution in [0.25, 0.3) is 0 Å². The second-order valence-electron chi connectivity index (χ2n) is 9.13. The van der Waals surface area contributed by atoms with Crippen LogP contribution in [0.4, 0.5) is 23.1 Å². The summed E-state index contributed by atoms with van der Waals surface area (Å²) in [6.45, 7) is 1.92. The molecule has 2 fully saturated rings. The van der Waals surface area contributed by atoms with Crippen molar-refractivity contribution in [1.29, 1.82) is 0 Å². The monoisotopic (exact) mass is 482 g/mol. The zero-order valence-electron chi connectivity index (χ0n) is 19.6. The molecule has 186 valence electrons. The number of hydrogen-bond acceptors (Lipinski definition) is 9. The van der Waals surface area contributed by atoms with E-state index in [9.17, 15) is 19.7 Å². The average molecular weight is 483 g/mol. The maximum atomic E-state index is 12.6. The van der Waals surface area contributed by atoms with Gasteiger partial charge in [-0.3, -0.25) is 19.7 Å². The maximum absolute atomic E-state index is 12.6. The predicted molar refractivity (Wildman–Crippen MR) is 130 cm³/mol. The van der Waals surface area contributed by atoms with E-state index in [0.717, 1.165) is 38.5 Å². The Bertz CT molecular complexity index is 1090. The van der Waals surface area contributed by atoms with Gasteiger partial charge in [0.2, 0.25) is 17.7 Å². The normalized spacial score (nSPS) is 20.8. The molecular formula is C23H30N8O4. The summed E-state index contributed by atoms with van der Waals surface area (Å²) in [5, 5.41) is 20.6. The summed E-state index contributed by atoms with van der Waals surface area (Å²) in [5.41, 5.74) is 6.35. The zero-order chi connectivity index (χ0) is 24.9. The molecule has 2 amide bonds. The van der Waals surface area contributed by atoms with Crippen molar-refractivity contribution in [2.24, 2.45) is 11.7 Å². The van der Waals surface area contributed by atoms with Crippen LogP contribution in [0.3, 0.4) is 0 Å². The predicted octanol–water partition coefficient (Wildman–Crippen LogP) is 2.02. The number of benzene rings is 1. The number of hydrogen-bond donors (Lipinski definition) is 4. The SMILES string of the molecule is CN1CCC(NC(=O)c2ccc(Nc3ncc([N+](=O)[O-])c(N[C@@H]4CCC[C@@H]4C(N)=O)n3)cc2)CC1. The van der Waals surface area contributed by atoms with Gasteiger partial charge >= 0.3 is 5.69 Å². The van der Waals surface area contributed by atoms with Gasteiger partial charge in [0.25, 0.3) is 5.91 Å². The molecular weight excluding hydrogens is 452 g/mol. The first kappa shape index (κ1) is 24.3. The number of nitrogens with zero attached hydrogens (tertiary/aromatic N) is 4. The lowest BCUT2D eigenvalue weighted by molar-refractivity contribution is -0.384. The van der Waals surface area contributed by atoms with Crippen molar-refractivity contribution in [3.8, 4) is 0 Å². The van der Waals surface area contributed by atoms with Gasteiger partial charge in [-0.1, -0.05) is 6.42 Å². The lowest BCUT2D eigenvalue weighted by Crippen LogP contribution is -2.43. The average Bonchev–Trinajstić information content (AvgIpc) is 3.29. The lowest BCUT2D eigenvalue weighted by Gasteiger charge is -2.29. The summed E-state index contributed by atoms with van der Waals surface area (Å²) in [4.78, 5) is 45.7. The van der Waals surface area contributed by atoms with Crippen LogP contribution in [0.5, 0.6) is 0 Å². The molecule has 12 heteroatoms. The number of rotatable bonds is 8. The van der Waals surface area contributed by atoms with E-state index >= 15 is 0 Å². The van der Waals surface area contributed by atoms with Gasteiger partial charge in [-0.05, 0) is 70.1 Å². The topological polar surface area (TPSA) is 168 Å². The molecule has 35 heavy (non-hydrogen) atoms. The Morgan fingerprint density at radius 2 is 1.86 bits per heavy atom. The Morgan fingerprint density at radius 3 is 2.51 bits per heavy atom. The van der Waals surface area contributed by atoms with Gasteiger partial charge in [-0.25, -0.2) is 4.98 Å². The number of piperidine rings is 1. The van der Waals surface area contributed by atoms with Crippen LogP contribution in [-0.4, -0.2) is 63.8 Å². The van der Waals surface area contributed by atoms with Gasteiger partial charge in [-0.15, -0.1) is 0 Å². The van der Waals surface area contributed by atoms with Crippen LogP contribution in [0.1, 0.15) is 42.5 Å². The Kier molecular flexibility index (Phi) is 7.39. The third-order valence-electron chi connectivity index (χ3n) is 6.63. The fourth-order valence-electron chi connectivity index (χ4n) is 4.58. The maximum Gasteiger partial charge on any atom is 0.329 e. The first-order valence-corrected chi connectivity index (χ1v) is 11.7. The van der Waals surface area contributed by atoms with E-state index in [1.54, 1.807) is 24.3 Å². The van der Waals surface area contributed by atoms with Gasteiger partial charge in [0.1, 0.15) is 6.20 Å². The summed E-state index contributed by atoms with van der Waals surface area (Å²) >= 11 is 0. The molecule has 1 aliphatic heterocycles. The van der Waals surface area contributed by atoms with E-state index in [1.807, 2.05) is 0 Å². The highest BCUT2D eigenvalue weighted by Crippen LogP contribution is 2.31. The van der Waals surface area contributed by atoms with E-state index in [0.29, 0.717) is 24.1 Å². The van der Waals surface area contributed by atoms with Gasteiger partial charge in [0.15, 0.2) is 0 Å². The summed E-state index contributed by atoms with van der Waals surface area (Å²) in [5.74, 6) is -0.788. The van der Waals surface area contributed by atoms with Gasteiger partial charge in [0.05, 0.1) is 10.8 Å². The van der Waals surface area contributed by atoms with E-state index in [4.69, 9.17) is 5.73 Å². The van der Waals surface area contributed by atoms with Crippen molar-refractivity contribution < 1.29 is 14.5 Å². The molecule has 4 rings (SSSR count). The Balaban J connectivity index is 1.43. The number of likely N-dealkylation sites (tertiary alicyclic amines) is 1. The molecule has 1 aliphatic carbocycles. The molecule has 0 radical (unpaired) electrons. The molecule has 2 aliphatic rings. The smallest absolute Gasteiger partial charge is 0.329 e. The minimum Gasteiger partial charge on any atom is -0.369 e. The van der Waals surface area contributed by atoms with Crippen molar-refractivity contribution >= 4 is 35.0 Å². The van der Waals surface area contributed by atoms with Crippen LogP contribution < -0.4 is 21.7 Å². The largest absolute Gasteiger partial charge is 0.369 e. The molecule has 0 unspecified atom stereocenters. The number of amides is 2. The summed E-state index contributed by atoms with van der Waals surface area (Å²) < 4.78 is 0. The molecule has 12 nitrogen and oxygen atoms in total. The van der Waals surface area contributed by atoms with Crippen LogP contribution in [0.15, 0.2) is 30.5 Å². The van der Waals surface area contributed by atoms with Crippen molar-refractivity contribution in [1.82, 2.24) is 20.2 Å². The van der Waals surface area contributed by atoms with Crippen LogP contribution in [-0.2, 0) is 4.79 Å². The molecule has 1 aromatic carbocycles. The Morgan fingerprint density at radius 1 is 1.14 bits per heavy atom. The molecule has 0 bridgehead atoms. The second-order valence-corrected chi connectivity index (χ2v) is 9.13. The van der Waals surface area contributed by atoms with E-state index in [1.165, 1.54) is 0 Å². The van der Waals surface area contributed by atoms with Gasteiger partial charge in [0, 0.05) is 23.3 Å². The van der Waals surface area contributed by atoms with Crippen molar-refractivity contribution in [3.63, 3.8) is 0 Å². The van der Waals surface area contributed by atoms with Gasteiger partial charge < -0.3 is 26.6 Å². The quantitative estimate of drug-likeness (QED) is 0.325. The summed E-state index contributed by atoms with van der Waals surface area (Å²) in [6.07, 6.45) is 5.07. The molecule has 5 N–H and O–H groups in total. The highest BCUT2D eigenvalue weighted by atomic mass is 16.6. The standard InChI is InChI=1S/C23H30N8O4/c1-30-11-9-16(10-12-30)26-22(33)14-5-7-15(8-6-14)27-23-25-13-19(31(34)35)21(29-23)28-18-4-2-3-17(18)20(24)32/h5-8,13,16-18H,2-4,9-12H2,1H3,(H2,24,32)(H,26,33)(H2,25,27,28,29)/t17-,18+/m0/s1. The fourth-order valence-corrected chi connectivity index (χ4v) is 4.58. The third-order valence-corrected chi connectivity index (χ3v) is 6.63. The number of carbonyl (C=O) groups is 2. The number of aromatic nitrogens is 2. The minimum atomic E-state index is -0.571. The number of anilines is 3. The van der Waals surface area contributed by atoms with E-state index in [-0.39, 0.29) is 35.4 Å². The molecule has 0 spiro atoms. The van der Waals surface area contributed by atoms with E-state index in [2.05, 4.69) is 37.9 Å². The molecule has 1 saturated carbocycles. The van der Waals surface area contributed by atoms with Crippen LogP contribution in [0.2, 0.25) is 0 Å². The number of primary amides is 1. The van der Waals surface area contributed by atoms with Crippen molar-refractivity contribution in [3.05, 3.63) is 46.1 Å². The number of nitrogens with one attached hydrogen (secondary N) is 3. The molecule has 2 aromatic rings. The fraction of sp³-hybridized carbons (Fsp3) is 0.478. The van der Waals surface area contributed by atoms with E-state index < -0.39 is 16.7 Å². The zero-order valence-corrected chi connectivity index (χ0v) is 19.6. The Labute approximate surface area is 202 Å². The minimum absolute atomic E-state index is 0.0276. The summed E-state index contributed by atoms with van der Waals surface area (Å²) in [6, 6.07) is 6.70. The van der Waals surface area contributed by atoms with Crippen molar-refractivity contribution in [2.45, 2.75) is 44.2 Å². The highest BCUT2D eigenvalue weighted by Gasteiger charge is 2.33. The molecule has 1 aromatic heterocycles. The Hall–Kier alpha value is -3.80. The van der Waals surface area contributed by atoms with Gasteiger partial charge in [-0.2, -0.15) is 4.98 Å². The first-order chi connectivity index (χ1) is 16.8. The molecule has 1 saturated heterocycles.